The molecule has 0 bridgehead atoms. The zero-order chi connectivity index (χ0) is 58.3. The number of allylic oxidation sites excluding steroid dienone is 2. The fourth-order valence-electron chi connectivity index (χ4n) is 11.4. The summed E-state index contributed by atoms with van der Waals surface area (Å²) >= 11 is 12.6. The topological polar surface area (TPSA) is 269 Å². The zero-order valence-electron chi connectivity index (χ0n) is 46.0. The van der Waals surface area contributed by atoms with Crippen LogP contribution in [0.1, 0.15) is 77.0 Å². The molecule has 7 aliphatic rings. The largest absolute Gasteiger partial charge is 0.497 e. The van der Waals surface area contributed by atoms with Gasteiger partial charge in [-0.15, -0.1) is 0 Å². The van der Waals surface area contributed by atoms with Gasteiger partial charge in [-0.1, -0.05) is 47.5 Å². The second-order valence-electron chi connectivity index (χ2n) is 22.2. The first-order valence-electron chi connectivity index (χ1n) is 27.6. The van der Waals surface area contributed by atoms with Crippen molar-refractivity contribution in [3.05, 3.63) is 83.1 Å². The van der Waals surface area contributed by atoms with Gasteiger partial charge in [0.2, 0.25) is 33.6 Å². The molecule has 0 radical (unpaired) electrons. The number of fused-ring (bicyclic) bond motifs is 6. The summed E-state index contributed by atoms with van der Waals surface area (Å²) in [5.41, 5.74) is -2.76. The number of rotatable bonds is 10. The lowest BCUT2D eigenvalue weighted by molar-refractivity contribution is -0.144. The summed E-state index contributed by atoms with van der Waals surface area (Å²) in [4.78, 5) is 94.9. The quantitative estimate of drug-likeness (QED) is 0.0980. The third-order valence-electron chi connectivity index (χ3n) is 16.4. The number of aliphatic carboxylic acids is 1. The lowest BCUT2D eigenvalue weighted by atomic mass is 10.1. The molecule has 7 amide bonds. The van der Waals surface area contributed by atoms with Gasteiger partial charge in [0.1, 0.15) is 57.2 Å². The maximum atomic E-state index is 13.9. The molecule has 2 aromatic carbocycles. The van der Waals surface area contributed by atoms with E-state index in [2.05, 4.69) is 25.3 Å². The van der Waals surface area contributed by atoms with E-state index in [9.17, 15) is 42.3 Å². The smallest absolute Gasteiger partial charge is 0.330 e. The summed E-state index contributed by atoms with van der Waals surface area (Å²) in [6.45, 7) is 1.32. The predicted molar refractivity (Wildman–Crippen MR) is 303 cm³/mol. The van der Waals surface area contributed by atoms with Crippen LogP contribution in [0, 0.1) is 11.8 Å². The molecular formula is C57H67Cl2N9O13S. The molecule has 0 unspecified atom stereocenters. The van der Waals surface area contributed by atoms with E-state index in [1.807, 2.05) is 48.6 Å². The number of pyridine rings is 2. The molecule has 82 heavy (non-hydrogen) atoms. The highest BCUT2D eigenvalue weighted by atomic mass is 35.5. The van der Waals surface area contributed by atoms with Crippen LogP contribution in [0.5, 0.6) is 23.3 Å². The first-order valence-corrected chi connectivity index (χ1v) is 29.9. The number of nitrogens with zero attached hydrogens (tertiary/aromatic N) is 6. The number of hydrogen-bond donors (Lipinski definition) is 4. The maximum Gasteiger partial charge on any atom is 0.330 e. The first-order chi connectivity index (χ1) is 39.2. The van der Waals surface area contributed by atoms with Crippen LogP contribution < -0.4 is 34.3 Å². The fourth-order valence-corrected chi connectivity index (χ4v) is 13.1. The van der Waals surface area contributed by atoms with Gasteiger partial charge in [0.05, 0.1) is 32.6 Å². The number of carboxylic acids is 1. The molecule has 6 heterocycles. The minimum absolute atomic E-state index is 0.103. The molecule has 4 N–H and O–H groups in total. The van der Waals surface area contributed by atoms with Gasteiger partial charge in [-0.25, -0.2) is 32.8 Å². The van der Waals surface area contributed by atoms with E-state index in [0.717, 1.165) is 49.3 Å². The second kappa shape index (κ2) is 23.6. The highest BCUT2D eigenvalue weighted by Gasteiger charge is 2.63. The molecule has 4 aromatic rings. The van der Waals surface area contributed by atoms with Gasteiger partial charge in [-0.2, -0.15) is 0 Å². The Kier molecular flexibility index (Phi) is 16.7. The summed E-state index contributed by atoms with van der Waals surface area (Å²) in [5.74, 6) is -1.63. The Morgan fingerprint density at radius 3 is 1.59 bits per heavy atom. The van der Waals surface area contributed by atoms with Crippen LogP contribution >= 0.6 is 23.2 Å². The van der Waals surface area contributed by atoms with Crippen LogP contribution in [0.2, 0.25) is 10.3 Å². The molecule has 3 aliphatic carbocycles. The van der Waals surface area contributed by atoms with Crippen LogP contribution in [0.25, 0.3) is 21.5 Å². The average molecular weight is 1190 g/mol. The molecule has 438 valence electrons. The number of aromatic nitrogens is 2. The van der Waals surface area contributed by atoms with Gasteiger partial charge in [0, 0.05) is 62.6 Å². The number of ether oxygens (including phenoxy) is 4. The van der Waals surface area contributed by atoms with E-state index in [1.54, 1.807) is 62.4 Å². The van der Waals surface area contributed by atoms with Gasteiger partial charge in [0.15, 0.2) is 0 Å². The SMILES string of the molecule is COc1ccc2c(O[C@@H]3C[C@H]4C(=O)N[C@]5(C(=O)NS(=O)(=O)C6CC6)C[C@H]5/C=C\CCCCN(C)C(=O)N4C3)nc(Cl)cc2c1.COc1ccc2c(O[C@@H]3C[C@H]4C(=O)N[C@]5(C(=O)O)C[C@H]5/C=C\CCCCN(C)C(=O)N4C3)nc(Cl)cc2c1. The molecule has 8 atom stereocenters. The van der Waals surface area contributed by atoms with Crippen LogP contribution in [-0.4, -0.2) is 174 Å². The van der Waals surface area contributed by atoms with Crippen molar-refractivity contribution in [3.63, 3.8) is 0 Å². The third-order valence-corrected chi connectivity index (χ3v) is 18.7. The molecule has 2 aromatic heterocycles. The fraction of sp³-hybridized carbons (Fsp3) is 0.509. The highest BCUT2D eigenvalue weighted by molar-refractivity contribution is 7.91. The zero-order valence-corrected chi connectivity index (χ0v) is 48.3. The van der Waals surface area contributed by atoms with E-state index in [-0.39, 0.29) is 72.4 Å². The number of urea groups is 2. The Labute approximate surface area is 484 Å². The minimum Gasteiger partial charge on any atom is -0.497 e. The van der Waals surface area contributed by atoms with Crippen molar-refractivity contribution in [1.29, 1.82) is 0 Å². The molecule has 11 rings (SSSR count). The van der Waals surface area contributed by atoms with Crippen molar-refractivity contribution < 1.29 is 61.2 Å². The van der Waals surface area contributed by atoms with Crippen LogP contribution in [0.3, 0.4) is 0 Å². The van der Waals surface area contributed by atoms with Crippen molar-refractivity contribution >= 4 is 90.5 Å². The number of halogens is 2. The van der Waals surface area contributed by atoms with E-state index in [4.69, 9.17) is 42.1 Å². The van der Waals surface area contributed by atoms with Gasteiger partial charge >= 0.3 is 18.0 Å². The monoisotopic (exact) mass is 1190 g/mol. The van der Waals surface area contributed by atoms with E-state index >= 15 is 0 Å². The molecule has 3 saturated carbocycles. The Balaban J connectivity index is 0.000000186. The summed E-state index contributed by atoms with van der Waals surface area (Å²) in [7, 11) is 2.73. The summed E-state index contributed by atoms with van der Waals surface area (Å²) in [6.07, 6.45) is 13.3. The number of carbonyl (C=O) groups is 6. The number of nitrogens with one attached hydrogen (secondary N) is 3. The number of methoxy groups -OCH3 is 2. The van der Waals surface area contributed by atoms with Crippen molar-refractivity contribution in [1.82, 2.24) is 44.9 Å². The minimum atomic E-state index is -3.82. The van der Waals surface area contributed by atoms with E-state index in [0.29, 0.717) is 60.5 Å². The van der Waals surface area contributed by atoms with Crippen LogP contribution in [0.15, 0.2) is 72.8 Å². The van der Waals surface area contributed by atoms with Crippen molar-refractivity contribution in [2.24, 2.45) is 11.8 Å². The number of hydrogen-bond acceptors (Lipinski definition) is 14. The molecule has 5 fully saturated rings. The Hall–Kier alpha value is -7.11. The lowest BCUT2D eigenvalue weighted by Gasteiger charge is -2.30. The highest BCUT2D eigenvalue weighted by Crippen LogP contribution is 2.47. The van der Waals surface area contributed by atoms with Crippen molar-refractivity contribution in [3.8, 4) is 23.3 Å². The molecular weight excluding hydrogens is 1120 g/mol. The van der Waals surface area contributed by atoms with E-state index < -0.39 is 74.3 Å². The normalized spacial score (nSPS) is 28.5. The molecule has 4 aliphatic heterocycles. The second-order valence-corrected chi connectivity index (χ2v) is 25.0. The third kappa shape index (κ3) is 12.3. The predicted octanol–water partition coefficient (Wildman–Crippen LogP) is 6.46. The lowest BCUT2D eigenvalue weighted by Crippen LogP contribution is -2.57. The van der Waals surface area contributed by atoms with Crippen molar-refractivity contribution in [2.45, 2.75) is 118 Å². The first kappa shape index (κ1) is 58.1. The summed E-state index contributed by atoms with van der Waals surface area (Å²) in [6, 6.07) is 11.8. The van der Waals surface area contributed by atoms with Gasteiger partial charge in [-0.3, -0.25) is 19.1 Å². The standard InChI is InChI=1S/C30H36ClN5O7S.C27H31ClN4O6/c1-35-12-6-4-3-5-7-19-16-30(19,28(38)34-44(40,41)22-9-10-22)33-26(37)24-15-21(17-36(24)29(35)39)43-27-23-11-8-20(42-2)13-18(23)14-25(31)32-27;1-31-10-6-4-3-5-7-17-14-27(17,25(34)35)30-23(33)21-13-19(15-32(21)26(31)36)38-24-20-9-8-18(37-2)11-16(20)12-22(28)29-24/h5,7-8,11,13-14,19,21-22,24H,3-4,6,9-10,12,15-17H2,1-2H3,(H,33,37)(H,34,38);5,7-9,11-12,17,19,21H,3-4,6,10,13-15H2,1-2H3,(H,30,33)(H,34,35)/b2*7-5-/t19-,21-,24+,30-;17-,19-,21+,27-/m11/s1. The van der Waals surface area contributed by atoms with Crippen LogP contribution in [0.4, 0.5) is 9.59 Å². The Morgan fingerprint density at radius 2 is 1.13 bits per heavy atom. The van der Waals surface area contributed by atoms with Crippen molar-refractivity contribution in [2.75, 3.05) is 54.5 Å². The Morgan fingerprint density at radius 1 is 0.683 bits per heavy atom. The molecule has 0 spiro atoms. The number of benzene rings is 2. The molecule has 22 nitrogen and oxygen atoms in total. The molecule has 2 saturated heterocycles. The number of amides is 7. The van der Waals surface area contributed by atoms with E-state index in [1.165, 1.54) is 9.80 Å². The van der Waals surface area contributed by atoms with Gasteiger partial charge < -0.3 is 54.3 Å². The number of carboxylic acid groups (broad SMARTS) is 1. The van der Waals surface area contributed by atoms with Gasteiger partial charge in [-0.05, 0) is 124 Å². The number of sulfonamides is 1. The van der Waals surface area contributed by atoms with Crippen LogP contribution in [-0.2, 0) is 29.2 Å². The summed E-state index contributed by atoms with van der Waals surface area (Å²) in [5, 5.41) is 18.3. The van der Waals surface area contributed by atoms with Gasteiger partial charge in [0.25, 0.3) is 5.91 Å². The Bertz CT molecular complexity index is 3370. The average Bonchev–Trinajstić information content (AvgIpc) is 2.41. The molecule has 25 heteroatoms. The summed E-state index contributed by atoms with van der Waals surface area (Å²) < 4.78 is 50.6. The maximum absolute atomic E-state index is 13.9. The number of carbonyl (C=O) groups excluding carboxylic acids is 5.